The molecule has 3 rings (SSSR count). The maximum Gasteiger partial charge on any atom is 0.141 e. The summed E-state index contributed by atoms with van der Waals surface area (Å²) >= 11 is 3.28. The van der Waals surface area contributed by atoms with Crippen LogP contribution in [0.4, 0.5) is 0 Å². The first kappa shape index (κ1) is 18.6. The van der Waals surface area contributed by atoms with Crippen LogP contribution in [0.2, 0.25) is 0 Å². The van der Waals surface area contributed by atoms with Crippen molar-refractivity contribution in [2.45, 2.75) is 18.1 Å². The molecule has 1 saturated heterocycles. The van der Waals surface area contributed by atoms with Crippen LogP contribution >= 0.6 is 22.7 Å². The van der Waals surface area contributed by atoms with Crippen molar-refractivity contribution in [3.05, 3.63) is 44.8 Å². The van der Waals surface area contributed by atoms with E-state index >= 15 is 0 Å². The molecule has 2 aromatic heterocycles. The third-order valence-electron chi connectivity index (χ3n) is 4.68. The van der Waals surface area contributed by atoms with Gasteiger partial charge in [-0.2, -0.15) is 0 Å². The summed E-state index contributed by atoms with van der Waals surface area (Å²) in [6.07, 6.45) is 1.09. The molecule has 0 saturated carbocycles. The van der Waals surface area contributed by atoms with Crippen LogP contribution in [0.5, 0.6) is 0 Å². The van der Waals surface area contributed by atoms with Gasteiger partial charge in [0.2, 0.25) is 0 Å². The smallest absolute Gasteiger partial charge is 0.141 e. The van der Waals surface area contributed by atoms with Crippen molar-refractivity contribution in [2.24, 2.45) is 5.92 Å². The van der Waals surface area contributed by atoms with Gasteiger partial charge in [0.15, 0.2) is 0 Å². The molecule has 1 aliphatic rings. The summed E-state index contributed by atoms with van der Waals surface area (Å²) in [5, 5.41) is 15.8. The molecule has 23 heavy (non-hydrogen) atoms. The second-order valence-corrected chi connectivity index (χ2v) is 8.71. The lowest BCUT2D eigenvalue weighted by atomic mass is 9.78. The van der Waals surface area contributed by atoms with Crippen LogP contribution in [0.15, 0.2) is 35.0 Å². The van der Waals surface area contributed by atoms with E-state index in [2.05, 4.69) is 26.2 Å². The number of methoxy groups -OCH3 is 1. The number of quaternary nitrogens is 1. The number of nitrogens with zero attached hydrogens (tertiary/aromatic N) is 1. The molecule has 0 aliphatic carbocycles. The van der Waals surface area contributed by atoms with Crippen LogP contribution in [0, 0.1) is 5.92 Å². The van der Waals surface area contributed by atoms with Crippen LogP contribution in [-0.4, -0.2) is 55.5 Å². The van der Waals surface area contributed by atoms with E-state index in [0.29, 0.717) is 0 Å². The van der Waals surface area contributed by atoms with Crippen molar-refractivity contribution >= 4 is 22.7 Å². The average molecular weight is 356 g/mol. The molecular formula is C17H25NO3S2. The van der Waals surface area contributed by atoms with Crippen LogP contribution in [0.3, 0.4) is 0 Å². The Morgan fingerprint density at radius 3 is 2.13 bits per heavy atom. The fourth-order valence-corrected chi connectivity index (χ4v) is 5.58. The van der Waals surface area contributed by atoms with Crippen molar-refractivity contribution in [1.82, 2.24) is 0 Å². The molecule has 0 amide bonds. The number of likely N-dealkylation sites (N-methyl/N-ethyl adjacent to an activating group) is 1. The van der Waals surface area contributed by atoms with Crippen molar-refractivity contribution in [3.8, 4) is 0 Å². The molecule has 1 fully saturated rings. The summed E-state index contributed by atoms with van der Waals surface area (Å²) in [6.45, 7) is 1.95. The maximum absolute atomic E-state index is 11.8. The SMILES string of the molecule is COC1CC(C(O)(c2cccs2)c2cccs2)C[N+](C)(C)C1.[OH-]. The Morgan fingerprint density at radius 1 is 1.13 bits per heavy atom. The van der Waals surface area contributed by atoms with E-state index in [1.54, 1.807) is 29.8 Å². The highest BCUT2D eigenvalue weighted by Crippen LogP contribution is 2.45. The van der Waals surface area contributed by atoms with Gasteiger partial charge in [-0.3, -0.25) is 0 Å². The molecular weight excluding hydrogens is 330 g/mol. The molecule has 6 heteroatoms. The van der Waals surface area contributed by atoms with Gasteiger partial charge >= 0.3 is 0 Å². The predicted octanol–water partition coefficient (Wildman–Crippen LogP) is 2.98. The molecule has 2 atom stereocenters. The minimum Gasteiger partial charge on any atom is -0.870 e. The van der Waals surface area contributed by atoms with E-state index in [1.165, 1.54) is 0 Å². The molecule has 0 bridgehead atoms. The van der Waals surface area contributed by atoms with Gasteiger partial charge in [0, 0.05) is 22.8 Å². The Morgan fingerprint density at radius 2 is 1.70 bits per heavy atom. The lowest BCUT2D eigenvalue weighted by Gasteiger charge is -2.46. The normalized spacial score (nSPS) is 24.2. The maximum atomic E-state index is 11.8. The minimum absolute atomic E-state index is 0. The number of likely N-dealkylation sites (tertiary alicyclic amines) is 1. The van der Waals surface area contributed by atoms with Gasteiger partial charge in [-0.25, -0.2) is 0 Å². The summed E-state index contributed by atoms with van der Waals surface area (Å²) in [6, 6.07) is 8.16. The first-order valence-corrected chi connectivity index (χ1v) is 9.37. The molecule has 1 aliphatic heterocycles. The van der Waals surface area contributed by atoms with E-state index in [1.807, 2.05) is 22.9 Å². The number of aliphatic hydroxyl groups is 1. The Balaban J connectivity index is 0.00000192. The fourth-order valence-electron chi connectivity index (χ4n) is 3.68. The highest BCUT2D eigenvalue weighted by molar-refractivity contribution is 7.11. The quantitative estimate of drug-likeness (QED) is 0.858. The Labute approximate surface area is 145 Å². The van der Waals surface area contributed by atoms with E-state index < -0.39 is 5.60 Å². The number of hydrogen-bond acceptors (Lipinski definition) is 5. The van der Waals surface area contributed by atoms with Crippen molar-refractivity contribution in [2.75, 3.05) is 34.3 Å². The third-order valence-corrected chi connectivity index (χ3v) is 6.67. The predicted molar refractivity (Wildman–Crippen MR) is 94.3 cm³/mol. The Bertz CT molecular complexity index is 561. The van der Waals surface area contributed by atoms with Crippen molar-refractivity contribution in [1.29, 1.82) is 0 Å². The van der Waals surface area contributed by atoms with E-state index in [4.69, 9.17) is 4.74 Å². The fraction of sp³-hybridized carbons (Fsp3) is 0.529. The topological polar surface area (TPSA) is 59.5 Å². The lowest BCUT2D eigenvalue weighted by Crippen LogP contribution is -2.58. The third kappa shape index (κ3) is 3.52. The summed E-state index contributed by atoms with van der Waals surface area (Å²) in [4.78, 5) is 2.08. The molecule has 0 radical (unpaired) electrons. The van der Waals surface area contributed by atoms with E-state index in [-0.39, 0.29) is 17.5 Å². The molecule has 2 unspecified atom stereocenters. The first-order chi connectivity index (χ1) is 10.5. The standard InChI is InChI=1S/C17H24NO2S2.H2O/c1-18(2)11-13(10-14(12-18)20-3)17(19,15-6-4-8-21-15)16-7-5-9-22-16;/h4-9,13-14,19H,10-12H2,1-3H3;1H2/q+1;/p-1. The summed E-state index contributed by atoms with van der Waals surface area (Å²) in [5.74, 6) is 0.151. The minimum atomic E-state index is -0.908. The molecule has 3 heterocycles. The zero-order valence-electron chi connectivity index (χ0n) is 13.8. The van der Waals surface area contributed by atoms with Crippen molar-refractivity contribution in [3.63, 3.8) is 0 Å². The molecule has 4 nitrogen and oxygen atoms in total. The Hall–Kier alpha value is -0.760. The van der Waals surface area contributed by atoms with E-state index in [9.17, 15) is 5.11 Å². The molecule has 2 aromatic rings. The monoisotopic (exact) mass is 355 g/mol. The zero-order chi connectivity index (χ0) is 15.8. The highest BCUT2D eigenvalue weighted by atomic mass is 32.1. The van der Waals surface area contributed by atoms with Gasteiger partial charge in [-0.1, -0.05) is 12.1 Å². The van der Waals surface area contributed by atoms with Crippen LogP contribution in [0.25, 0.3) is 0 Å². The summed E-state index contributed by atoms with van der Waals surface area (Å²) in [7, 11) is 6.23. The summed E-state index contributed by atoms with van der Waals surface area (Å²) in [5.41, 5.74) is -0.908. The van der Waals surface area contributed by atoms with Crippen LogP contribution < -0.4 is 0 Å². The number of rotatable bonds is 4. The number of hydrogen-bond donors (Lipinski definition) is 1. The lowest BCUT2D eigenvalue weighted by molar-refractivity contribution is -0.903. The zero-order valence-corrected chi connectivity index (χ0v) is 15.4. The van der Waals surface area contributed by atoms with Gasteiger partial charge in [0.05, 0.1) is 20.6 Å². The molecule has 128 valence electrons. The molecule has 0 spiro atoms. The number of piperidine rings is 1. The average Bonchev–Trinajstić information content (AvgIpc) is 3.17. The Kier molecular flexibility index (Phi) is 5.66. The largest absolute Gasteiger partial charge is 0.870 e. The van der Waals surface area contributed by atoms with E-state index in [0.717, 1.165) is 33.7 Å². The van der Waals surface area contributed by atoms with Crippen LogP contribution in [-0.2, 0) is 10.3 Å². The van der Waals surface area contributed by atoms with Gasteiger partial charge in [-0.15, -0.1) is 22.7 Å². The first-order valence-electron chi connectivity index (χ1n) is 7.61. The van der Waals surface area contributed by atoms with Gasteiger partial charge in [0.1, 0.15) is 18.2 Å². The molecule has 0 aromatic carbocycles. The van der Waals surface area contributed by atoms with Gasteiger partial charge in [0.25, 0.3) is 0 Å². The van der Waals surface area contributed by atoms with Crippen LogP contribution in [0.1, 0.15) is 16.2 Å². The number of ether oxygens (including phenoxy) is 1. The van der Waals surface area contributed by atoms with Crippen molar-refractivity contribution < 1.29 is 19.8 Å². The summed E-state index contributed by atoms with van der Waals surface area (Å²) < 4.78 is 6.54. The number of thiophene rings is 2. The second-order valence-electron chi connectivity index (χ2n) is 6.81. The second kappa shape index (κ2) is 7.01. The molecule has 2 N–H and O–H groups in total. The van der Waals surface area contributed by atoms with Gasteiger partial charge in [-0.05, 0) is 29.3 Å². The highest BCUT2D eigenvalue weighted by Gasteiger charge is 2.49. The van der Waals surface area contributed by atoms with Gasteiger partial charge < -0.3 is 19.8 Å².